The summed E-state index contributed by atoms with van der Waals surface area (Å²) in [5.41, 5.74) is 0.921. The van der Waals surface area contributed by atoms with Crippen molar-refractivity contribution in [3.8, 4) is 0 Å². The van der Waals surface area contributed by atoms with Crippen LogP contribution >= 0.6 is 27.7 Å². The minimum Gasteiger partial charge on any atom is -0.312 e. The van der Waals surface area contributed by atoms with Crippen molar-refractivity contribution in [3.05, 3.63) is 28.7 Å². The van der Waals surface area contributed by atoms with E-state index in [0.717, 1.165) is 15.9 Å². The van der Waals surface area contributed by atoms with E-state index in [-0.39, 0.29) is 16.9 Å². The van der Waals surface area contributed by atoms with Crippen LogP contribution in [0.4, 0.5) is 5.69 Å². The summed E-state index contributed by atoms with van der Waals surface area (Å²) < 4.78 is 0.967. The summed E-state index contributed by atoms with van der Waals surface area (Å²) in [6.45, 7) is 2.27. The van der Waals surface area contributed by atoms with Crippen LogP contribution < -0.4 is 4.90 Å². The molecule has 2 rings (SSSR count). The Morgan fingerprint density at radius 3 is 3.00 bits per heavy atom. The van der Waals surface area contributed by atoms with Gasteiger partial charge in [0.1, 0.15) is 0 Å². The van der Waals surface area contributed by atoms with Gasteiger partial charge in [0.15, 0.2) is 5.12 Å². The average Bonchev–Trinajstić information content (AvgIpc) is 2.68. The molecule has 1 aliphatic heterocycles. The van der Waals surface area contributed by atoms with Crippen molar-refractivity contribution in [2.45, 2.75) is 13.3 Å². The van der Waals surface area contributed by atoms with Crippen molar-refractivity contribution in [3.63, 3.8) is 0 Å². The Morgan fingerprint density at radius 1 is 1.56 bits per heavy atom. The molecule has 0 N–H and O–H groups in total. The molecule has 0 saturated carbocycles. The molecule has 1 atom stereocenters. The highest BCUT2D eigenvalue weighted by Crippen LogP contribution is 2.28. The molecule has 1 aromatic rings. The fraction of sp³-hybridized carbons (Fsp3) is 0.385. The second-order valence-electron chi connectivity index (χ2n) is 4.36. The fourth-order valence-corrected chi connectivity index (χ4v) is 3.10. The van der Waals surface area contributed by atoms with E-state index >= 15 is 0 Å². The zero-order valence-corrected chi connectivity index (χ0v) is 12.5. The molecule has 0 aromatic heterocycles. The largest absolute Gasteiger partial charge is 0.312 e. The van der Waals surface area contributed by atoms with Gasteiger partial charge in [0.2, 0.25) is 5.91 Å². The highest BCUT2D eigenvalue weighted by molar-refractivity contribution is 9.10. The van der Waals surface area contributed by atoms with Gasteiger partial charge in [-0.05, 0) is 24.1 Å². The maximum Gasteiger partial charge on any atom is 0.227 e. The van der Waals surface area contributed by atoms with E-state index in [1.165, 1.54) is 11.8 Å². The van der Waals surface area contributed by atoms with Crippen LogP contribution in [0.1, 0.15) is 13.3 Å². The SMILES string of the molecule is CC(=O)SCC1CC(=O)N(c2cccc(Br)c2)C1. The molecular weight excluding hydrogens is 314 g/mol. The molecule has 96 valence electrons. The molecular formula is C13H14BrNO2S. The molecule has 5 heteroatoms. The summed E-state index contributed by atoms with van der Waals surface area (Å²) in [7, 11) is 0. The quantitative estimate of drug-likeness (QED) is 0.856. The number of anilines is 1. The summed E-state index contributed by atoms with van der Waals surface area (Å²) >= 11 is 4.71. The van der Waals surface area contributed by atoms with Gasteiger partial charge in [-0.1, -0.05) is 33.8 Å². The third kappa shape index (κ3) is 3.36. The van der Waals surface area contributed by atoms with Crippen LogP contribution in [0.25, 0.3) is 0 Å². The molecule has 0 spiro atoms. The van der Waals surface area contributed by atoms with Gasteiger partial charge in [-0.25, -0.2) is 0 Å². The van der Waals surface area contributed by atoms with Crippen molar-refractivity contribution in [1.82, 2.24) is 0 Å². The second kappa shape index (κ2) is 5.89. The molecule has 1 fully saturated rings. The van der Waals surface area contributed by atoms with Crippen molar-refractivity contribution in [2.24, 2.45) is 5.92 Å². The van der Waals surface area contributed by atoms with Crippen molar-refractivity contribution >= 4 is 44.4 Å². The molecule has 0 aliphatic carbocycles. The predicted molar refractivity (Wildman–Crippen MR) is 77.7 cm³/mol. The van der Waals surface area contributed by atoms with Crippen LogP contribution in [0.5, 0.6) is 0 Å². The molecule has 0 radical (unpaired) electrons. The van der Waals surface area contributed by atoms with Crippen molar-refractivity contribution in [1.29, 1.82) is 0 Å². The Kier molecular flexibility index (Phi) is 4.45. The standard InChI is InChI=1S/C13H14BrNO2S/c1-9(16)18-8-10-5-13(17)15(7-10)12-4-2-3-11(14)6-12/h2-4,6,10H,5,7-8H2,1H3. The third-order valence-electron chi connectivity index (χ3n) is 2.85. The van der Waals surface area contributed by atoms with Gasteiger partial charge in [-0.2, -0.15) is 0 Å². The number of rotatable bonds is 3. The Balaban J connectivity index is 2.03. The maximum absolute atomic E-state index is 12.0. The molecule has 1 aliphatic rings. The normalized spacial score (nSPS) is 19.3. The monoisotopic (exact) mass is 327 g/mol. The Labute approximate surface area is 119 Å². The molecule has 3 nitrogen and oxygen atoms in total. The number of benzene rings is 1. The fourth-order valence-electron chi connectivity index (χ4n) is 2.02. The first kappa shape index (κ1) is 13.6. The van der Waals surface area contributed by atoms with E-state index in [9.17, 15) is 9.59 Å². The lowest BCUT2D eigenvalue weighted by Gasteiger charge is -2.16. The summed E-state index contributed by atoms with van der Waals surface area (Å²) in [5.74, 6) is 1.14. The molecule has 1 heterocycles. The minimum atomic E-state index is 0.114. The maximum atomic E-state index is 12.0. The predicted octanol–water partition coefficient (Wildman–Crippen LogP) is 3.08. The van der Waals surface area contributed by atoms with Gasteiger partial charge >= 0.3 is 0 Å². The highest BCUT2D eigenvalue weighted by Gasteiger charge is 2.30. The first-order chi connectivity index (χ1) is 8.56. The number of carbonyl (C=O) groups is 2. The zero-order chi connectivity index (χ0) is 13.1. The number of hydrogen-bond donors (Lipinski definition) is 0. The first-order valence-electron chi connectivity index (χ1n) is 5.75. The first-order valence-corrected chi connectivity index (χ1v) is 7.53. The lowest BCUT2D eigenvalue weighted by Crippen LogP contribution is -2.24. The lowest BCUT2D eigenvalue weighted by molar-refractivity contribution is -0.117. The second-order valence-corrected chi connectivity index (χ2v) is 6.47. The van der Waals surface area contributed by atoms with E-state index in [4.69, 9.17) is 0 Å². The number of hydrogen-bond acceptors (Lipinski definition) is 3. The van der Waals surface area contributed by atoms with E-state index in [1.54, 1.807) is 11.8 Å². The highest BCUT2D eigenvalue weighted by atomic mass is 79.9. The van der Waals surface area contributed by atoms with Gasteiger partial charge in [-0.15, -0.1) is 0 Å². The van der Waals surface area contributed by atoms with Crippen LogP contribution in [-0.2, 0) is 9.59 Å². The summed E-state index contributed by atoms with van der Waals surface area (Å²) in [6.07, 6.45) is 0.535. The molecule has 1 amide bonds. The van der Waals surface area contributed by atoms with E-state index < -0.39 is 0 Å². The molecule has 0 bridgehead atoms. The molecule has 1 aromatic carbocycles. The number of nitrogens with zero attached hydrogens (tertiary/aromatic N) is 1. The summed E-state index contributed by atoms with van der Waals surface area (Å²) in [5, 5.41) is 0.114. The van der Waals surface area contributed by atoms with Crippen LogP contribution in [0.3, 0.4) is 0 Å². The Morgan fingerprint density at radius 2 is 2.33 bits per heavy atom. The van der Waals surface area contributed by atoms with Crippen molar-refractivity contribution < 1.29 is 9.59 Å². The van der Waals surface area contributed by atoms with Crippen LogP contribution in [0, 0.1) is 5.92 Å². The minimum absolute atomic E-state index is 0.114. The number of amides is 1. The topological polar surface area (TPSA) is 37.4 Å². The summed E-state index contributed by atoms with van der Waals surface area (Å²) in [4.78, 5) is 24.7. The van der Waals surface area contributed by atoms with Gasteiger partial charge in [0, 0.05) is 35.8 Å². The third-order valence-corrected chi connectivity index (χ3v) is 4.39. The van der Waals surface area contributed by atoms with Gasteiger partial charge < -0.3 is 4.90 Å². The van der Waals surface area contributed by atoms with E-state index in [0.29, 0.717) is 13.0 Å². The van der Waals surface area contributed by atoms with Crippen LogP contribution in [0.15, 0.2) is 28.7 Å². The molecule has 1 unspecified atom stereocenters. The van der Waals surface area contributed by atoms with Crippen LogP contribution in [-0.4, -0.2) is 23.3 Å². The average molecular weight is 328 g/mol. The molecule has 18 heavy (non-hydrogen) atoms. The Hall–Kier alpha value is -0.810. The Bertz CT molecular complexity index is 478. The lowest BCUT2D eigenvalue weighted by atomic mass is 10.1. The van der Waals surface area contributed by atoms with E-state index in [1.807, 2.05) is 24.3 Å². The van der Waals surface area contributed by atoms with Gasteiger partial charge in [-0.3, -0.25) is 9.59 Å². The van der Waals surface area contributed by atoms with Gasteiger partial charge in [0.05, 0.1) is 0 Å². The van der Waals surface area contributed by atoms with Crippen LogP contribution in [0.2, 0.25) is 0 Å². The van der Waals surface area contributed by atoms with Crippen molar-refractivity contribution in [2.75, 3.05) is 17.2 Å². The number of thioether (sulfide) groups is 1. The zero-order valence-electron chi connectivity index (χ0n) is 10.1. The van der Waals surface area contributed by atoms with E-state index in [2.05, 4.69) is 15.9 Å². The number of carbonyl (C=O) groups excluding carboxylic acids is 2. The van der Waals surface area contributed by atoms with Gasteiger partial charge in [0.25, 0.3) is 0 Å². The summed E-state index contributed by atoms with van der Waals surface area (Å²) in [6, 6.07) is 7.74. The smallest absolute Gasteiger partial charge is 0.227 e. The molecule has 1 saturated heterocycles. The number of halogens is 1.